The van der Waals surface area contributed by atoms with Gasteiger partial charge in [-0.05, 0) is 17.7 Å². The molecule has 62 valence electrons. The van der Waals surface area contributed by atoms with E-state index in [2.05, 4.69) is 13.8 Å². The largest absolute Gasteiger partial charge is 0.328 e. The normalized spacial score (nSPS) is 25.5. The molecule has 1 aliphatic heterocycles. The van der Waals surface area contributed by atoms with Gasteiger partial charge in [-0.15, -0.1) is 0 Å². The van der Waals surface area contributed by atoms with E-state index in [1.54, 1.807) is 11.9 Å². The summed E-state index contributed by atoms with van der Waals surface area (Å²) in [6, 6.07) is 0.155. The third kappa shape index (κ3) is 1.56. The predicted molar refractivity (Wildman–Crippen MR) is 52.0 cm³/mol. The minimum atomic E-state index is 0.0775. The van der Waals surface area contributed by atoms with Crippen molar-refractivity contribution in [3.63, 3.8) is 0 Å². The molecule has 1 heterocycles. The number of thiocarbonyl (C=S) groups is 1. The Balaban J connectivity index is 2.79. The molecular formula is C7H11NOS2. The molecule has 11 heavy (non-hydrogen) atoms. The van der Waals surface area contributed by atoms with Crippen molar-refractivity contribution in [2.45, 2.75) is 19.9 Å². The molecule has 1 unspecified atom stereocenters. The van der Waals surface area contributed by atoms with Crippen molar-refractivity contribution in [3.05, 3.63) is 0 Å². The molecule has 0 aromatic heterocycles. The quantitative estimate of drug-likeness (QED) is 0.589. The van der Waals surface area contributed by atoms with Gasteiger partial charge in [0.1, 0.15) is 0 Å². The number of nitrogens with zero attached hydrogens (tertiary/aromatic N) is 1. The summed E-state index contributed by atoms with van der Waals surface area (Å²) in [4.78, 5) is 12.8. The maximum atomic E-state index is 11.1. The number of carbonyl (C=O) groups excluding carboxylic acids is 1. The summed E-state index contributed by atoms with van der Waals surface area (Å²) in [6.45, 7) is 4.15. The first-order valence-electron chi connectivity index (χ1n) is 3.52. The number of amides is 1. The second-order valence-electron chi connectivity index (χ2n) is 2.99. The zero-order valence-electron chi connectivity index (χ0n) is 6.83. The molecule has 0 N–H and O–H groups in total. The molecule has 0 aromatic carbocycles. The molecule has 0 saturated carbocycles. The van der Waals surface area contributed by atoms with Crippen LogP contribution in [-0.2, 0) is 0 Å². The van der Waals surface area contributed by atoms with Crippen molar-refractivity contribution in [1.29, 1.82) is 0 Å². The summed E-state index contributed by atoms with van der Waals surface area (Å²) in [5.74, 6) is 0.423. The van der Waals surface area contributed by atoms with Gasteiger partial charge in [-0.3, -0.25) is 4.79 Å². The molecule has 1 saturated heterocycles. The van der Waals surface area contributed by atoms with Gasteiger partial charge in [0.25, 0.3) is 5.24 Å². The van der Waals surface area contributed by atoms with Gasteiger partial charge in [-0.1, -0.05) is 26.1 Å². The van der Waals surface area contributed by atoms with Crippen molar-refractivity contribution < 1.29 is 4.79 Å². The van der Waals surface area contributed by atoms with Gasteiger partial charge in [0.15, 0.2) is 0 Å². The van der Waals surface area contributed by atoms with Crippen LogP contribution in [0.3, 0.4) is 0 Å². The zero-order valence-corrected chi connectivity index (χ0v) is 8.46. The predicted octanol–water partition coefficient (Wildman–Crippen LogP) is 2.14. The van der Waals surface area contributed by atoms with Crippen molar-refractivity contribution >= 4 is 33.4 Å². The number of carbonyl (C=O) groups is 1. The first kappa shape index (κ1) is 9.00. The van der Waals surface area contributed by atoms with Gasteiger partial charge in [0.2, 0.25) is 0 Å². The molecule has 0 aliphatic carbocycles. The Hall–Kier alpha value is -0.0900. The lowest BCUT2D eigenvalue weighted by molar-refractivity contribution is 0.221. The fraction of sp³-hybridized carbons (Fsp3) is 0.714. The summed E-state index contributed by atoms with van der Waals surface area (Å²) in [5, 5.41) is 0.0775. The van der Waals surface area contributed by atoms with Crippen LogP contribution in [0.4, 0.5) is 4.79 Å². The molecule has 0 spiro atoms. The molecule has 1 rings (SSSR count). The van der Waals surface area contributed by atoms with E-state index in [0.717, 1.165) is 4.20 Å². The third-order valence-corrected chi connectivity index (χ3v) is 3.16. The Kier molecular flexibility index (Phi) is 2.54. The lowest BCUT2D eigenvalue weighted by atomic mass is 10.1. The smallest absolute Gasteiger partial charge is 0.287 e. The average molecular weight is 189 g/mol. The fourth-order valence-electron chi connectivity index (χ4n) is 1.21. The lowest BCUT2D eigenvalue weighted by Gasteiger charge is -2.21. The van der Waals surface area contributed by atoms with Gasteiger partial charge in [0.05, 0.1) is 10.2 Å². The van der Waals surface area contributed by atoms with Crippen LogP contribution >= 0.6 is 24.0 Å². The van der Waals surface area contributed by atoms with E-state index in [1.165, 1.54) is 11.8 Å². The maximum absolute atomic E-state index is 11.1. The van der Waals surface area contributed by atoms with E-state index in [9.17, 15) is 4.79 Å². The number of rotatable bonds is 1. The van der Waals surface area contributed by atoms with E-state index < -0.39 is 0 Å². The summed E-state index contributed by atoms with van der Waals surface area (Å²) in [5.41, 5.74) is 0. The standard InChI is InChI=1S/C7H11NOS2/c1-4(2)5-6(10)11-7(9)8(5)3/h4-5H,1-3H3. The molecule has 0 bridgehead atoms. The van der Waals surface area contributed by atoms with Crippen molar-refractivity contribution in [2.75, 3.05) is 7.05 Å². The highest BCUT2D eigenvalue weighted by molar-refractivity contribution is 8.33. The number of hydrogen-bond acceptors (Lipinski definition) is 3. The minimum Gasteiger partial charge on any atom is -0.328 e. The van der Waals surface area contributed by atoms with Gasteiger partial charge >= 0.3 is 0 Å². The first-order valence-corrected chi connectivity index (χ1v) is 4.75. The highest BCUT2D eigenvalue weighted by Gasteiger charge is 2.35. The molecule has 1 aliphatic rings. The van der Waals surface area contributed by atoms with E-state index in [0.29, 0.717) is 5.92 Å². The van der Waals surface area contributed by atoms with Gasteiger partial charge in [-0.2, -0.15) is 0 Å². The average Bonchev–Trinajstić information content (AvgIpc) is 2.07. The highest BCUT2D eigenvalue weighted by atomic mass is 32.2. The SMILES string of the molecule is CC(C)C1C(=S)SC(=O)N1C. The van der Waals surface area contributed by atoms with Gasteiger partial charge in [-0.25, -0.2) is 0 Å². The number of thioether (sulfide) groups is 1. The van der Waals surface area contributed by atoms with Crippen LogP contribution in [0.1, 0.15) is 13.8 Å². The van der Waals surface area contributed by atoms with Crippen LogP contribution in [0, 0.1) is 5.92 Å². The van der Waals surface area contributed by atoms with Crippen molar-refractivity contribution in [1.82, 2.24) is 4.90 Å². The molecular weight excluding hydrogens is 178 g/mol. The van der Waals surface area contributed by atoms with Crippen LogP contribution in [0.5, 0.6) is 0 Å². The molecule has 2 nitrogen and oxygen atoms in total. The maximum Gasteiger partial charge on any atom is 0.287 e. The van der Waals surface area contributed by atoms with E-state index in [1.807, 2.05) is 0 Å². The molecule has 1 amide bonds. The monoisotopic (exact) mass is 189 g/mol. The second kappa shape index (κ2) is 3.11. The van der Waals surface area contributed by atoms with E-state index in [4.69, 9.17) is 12.2 Å². The summed E-state index contributed by atoms with van der Waals surface area (Å²) in [7, 11) is 1.80. The Labute approximate surface area is 76.3 Å². The van der Waals surface area contributed by atoms with E-state index >= 15 is 0 Å². The molecule has 0 radical (unpaired) electrons. The Morgan fingerprint density at radius 3 is 2.36 bits per heavy atom. The van der Waals surface area contributed by atoms with E-state index in [-0.39, 0.29) is 11.3 Å². The summed E-state index contributed by atoms with van der Waals surface area (Å²) >= 11 is 6.25. The lowest BCUT2D eigenvalue weighted by Crippen LogP contribution is -2.35. The van der Waals surface area contributed by atoms with Crippen LogP contribution < -0.4 is 0 Å². The topological polar surface area (TPSA) is 20.3 Å². The van der Waals surface area contributed by atoms with Gasteiger partial charge in [0, 0.05) is 7.05 Å². The van der Waals surface area contributed by atoms with Crippen LogP contribution in [0.15, 0.2) is 0 Å². The zero-order chi connectivity index (χ0) is 8.59. The van der Waals surface area contributed by atoms with Crippen LogP contribution in [0.25, 0.3) is 0 Å². The molecule has 1 fully saturated rings. The Bertz CT molecular complexity index is 203. The van der Waals surface area contributed by atoms with Crippen molar-refractivity contribution in [2.24, 2.45) is 5.92 Å². The molecule has 1 atom stereocenters. The molecule has 4 heteroatoms. The summed E-state index contributed by atoms with van der Waals surface area (Å²) < 4.78 is 0.813. The highest BCUT2D eigenvalue weighted by Crippen LogP contribution is 2.29. The minimum absolute atomic E-state index is 0.0775. The Morgan fingerprint density at radius 1 is 1.64 bits per heavy atom. The third-order valence-electron chi connectivity index (χ3n) is 1.77. The summed E-state index contributed by atoms with van der Waals surface area (Å²) in [6.07, 6.45) is 0. The second-order valence-corrected chi connectivity index (χ2v) is 4.68. The van der Waals surface area contributed by atoms with Gasteiger partial charge < -0.3 is 4.90 Å². The fourth-order valence-corrected chi connectivity index (χ4v) is 2.83. The number of hydrogen-bond donors (Lipinski definition) is 0. The van der Waals surface area contributed by atoms with Crippen LogP contribution in [-0.4, -0.2) is 27.4 Å². The first-order chi connectivity index (χ1) is 5.04. The van der Waals surface area contributed by atoms with Crippen molar-refractivity contribution in [3.8, 4) is 0 Å². The Morgan fingerprint density at radius 2 is 2.18 bits per heavy atom. The molecule has 0 aromatic rings. The van der Waals surface area contributed by atoms with Crippen LogP contribution in [0.2, 0.25) is 0 Å².